The van der Waals surface area contributed by atoms with Gasteiger partial charge in [0.05, 0.1) is 17.9 Å². The number of thiophene rings is 1. The maximum atomic E-state index is 12.5. The molecule has 2 aromatic rings. The number of ether oxygens (including phenoxy) is 1. The molecular weight excluding hydrogens is 384 g/mol. The van der Waals surface area contributed by atoms with Crippen molar-refractivity contribution in [3.63, 3.8) is 0 Å². The molecule has 1 amide bonds. The number of hydrogen-bond acceptors (Lipinski definition) is 6. The Morgan fingerprint density at radius 1 is 1.44 bits per heavy atom. The van der Waals surface area contributed by atoms with Crippen molar-refractivity contribution < 1.29 is 19.1 Å². The van der Waals surface area contributed by atoms with Crippen LogP contribution in [0.3, 0.4) is 0 Å². The summed E-state index contributed by atoms with van der Waals surface area (Å²) in [6.45, 7) is 4.26. The van der Waals surface area contributed by atoms with Crippen LogP contribution < -0.4 is 10.0 Å². The van der Waals surface area contributed by atoms with E-state index < -0.39 is 0 Å². The third-order valence-corrected chi connectivity index (χ3v) is 6.57. The lowest BCUT2D eigenvalue weighted by Gasteiger charge is -2.18. The highest BCUT2D eigenvalue weighted by Gasteiger charge is 2.29. The first-order valence-electron chi connectivity index (χ1n) is 8.92. The van der Waals surface area contributed by atoms with Crippen LogP contribution >= 0.6 is 23.1 Å². The predicted octanol–water partition coefficient (Wildman–Crippen LogP) is 3.41. The number of aromatic nitrogens is 1. The third-order valence-electron chi connectivity index (χ3n) is 4.38. The molecular formula is C19H22N2O4S2. The molecule has 1 N–H and O–H groups in total. The number of carbonyl (C=O) groups is 2. The molecule has 6 nitrogen and oxygen atoms in total. The fourth-order valence-electron chi connectivity index (χ4n) is 3.08. The third kappa shape index (κ3) is 4.62. The maximum absolute atomic E-state index is 12.5. The Balaban J connectivity index is 1.76. The molecule has 1 atom stereocenters. The lowest BCUT2D eigenvalue weighted by atomic mass is 9.88. The lowest BCUT2D eigenvalue weighted by molar-refractivity contribution is -0.645. The van der Waals surface area contributed by atoms with Gasteiger partial charge in [-0.3, -0.25) is 4.79 Å². The molecule has 0 radical (unpaired) electrons. The van der Waals surface area contributed by atoms with Gasteiger partial charge >= 0.3 is 5.97 Å². The summed E-state index contributed by atoms with van der Waals surface area (Å²) in [5, 5.41) is 15.5. The number of pyridine rings is 1. The molecule has 8 heteroatoms. The van der Waals surface area contributed by atoms with E-state index in [0.29, 0.717) is 28.1 Å². The minimum Gasteiger partial charge on any atom is -0.618 e. The Kier molecular flexibility index (Phi) is 6.38. The minimum atomic E-state index is -0.382. The molecule has 144 valence electrons. The first-order chi connectivity index (χ1) is 13.0. The van der Waals surface area contributed by atoms with Gasteiger partial charge in [0, 0.05) is 17.0 Å². The molecule has 0 fully saturated rings. The van der Waals surface area contributed by atoms with Crippen LogP contribution in [0.25, 0.3) is 0 Å². The molecule has 2 heterocycles. The summed E-state index contributed by atoms with van der Waals surface area (Å²) in [5.41, 5.74) is 1.51. The Hall–Kier alpha value is -2.06. The Labute approximate surface area is 166 Å². The number of carbonyl (C=O) groups excluding carboxylic acids is 2. The fraction of sp³-hybridized carbons (Fsp3) is 0.421. The zero-order valence-corrected chi connectivity index (χ0v) is 17.0. The van der Waals surface area contributed by atoms with E-state index in [1.807, 2.05) is 0 Å². The second-order valence-electron chi connectivity index (χ2n) is 6.48. The normalized spacial score (nSPS) is 15.9. The zero-order valence-electron chi connectivity index (χ0n) is 15.3. The standard InChI is InChI=1S/C19H22N2O4S2/c1-3-25-19(23)17-13-8-7-12(2)10-14(13)27-18(17)20-15(22)11-26-16-6-4-5-9-21(16)24/h4-6,9,12H,3,7-8,10-11H2,1-2H3,(H,20,22)/t12-/m0/s1. The highest BCUT2D eigenvalue weighted by Crippen LogP contribution is 2.40. The molecule has 0 aromatic carbocycles. The number of fused-ring (bicyclic) bond motifs is 1. The van der Waals surface area contributed by atoms with E-state index in [1.54, 1.807) is 25.1 Å². The summed E-state index contributed by atoms with van der Waals surface area (Å²) < 4.78 is 5.94. The van der Waals surface area contributed by atoms with Crippen LogP contribution in [-0.4, -0.2) is 24.2 Å². The molecule has 0 spiro atoms. The van der Waals surface area contributed by atoms with Crippen LogP contribution in [0.2, 0.25) is 0 Å². The number of hydrogen-bond donors (Lipinski definition) is 1. The van der Waals surface area contributed by atoms with Gasteiger partial charge in [0.2, 0.25) is 5.91 Å². The van der Waals surface area contributed by atoms with Crippen molar-refractivity contribution in [1.82, 2.24) is 0 Å². The molecule has 0 bridgehead atoms. The molecule has 0 unspecified atom stereocenters. The van der Waals surface area contributed by atoms with E-state index in [1.165, 1.54) is 17.5 Å². The molecule has 1 aliphatic carbocycles. The number of nitrogens with zero attached hydrogens (tertiary/aromatic N) is 1. The summed E-state index contributed by atoms with van der Waals surface area (Å²) in [6.07, 6.45) is 4.16. The zero-order chi connectivity index (χ0) is 19.4. The van der Waals surface area contributed by atoms with Gasteiger partial charge in [0.15, 0.2) is 6.20 Å². The predicted molar refractivity (Wildman–Crippen MR) is 106 cm³/mol. The van der Waals surface area contributed by atoms with Gasteiger partial charge in [0.1, 0.15) is 5.00 Å². The number of esters is 1. The van der Waals surface area contributed by atoms with Crippen molar-refractivity contribution in [1.29, 1.82) is 0 Å². The number of anilines is 1. The van der Waals surface area contributed by atoms with Gasteiger partial charge in [0.25, 0.3) is 5.03 Å². The monoisotopic (exact) mass is 406 g/mol. The fourth-order valence-corrected chi connectivity index (χ4v) is 5.21. The van der Waals surface area contributed by atoms with Gasteiger partial charge < -0.3 is 15.3 Å². The van der Waals surface area contributed by atoms with Gasteiger partial charge in [-0.25, -0.2) is 4.79 Å². The maximum Gasteiger partial charge on any atom is 0.341 e. The summed E-state index contributed by atoms with van der Waals surface area (Å²) in [7, 11) is 0. The molecule has 27 heavy (non-hydrogen) atoms. The molecule has 0 saturated carbocycles. The van der Waals surface area contributed by atoms with Gasteiger partial charge in [-0.05, 0) is 55.5 Å². The van der Waals surface area contributed by atoms with Crippen LogP contribution in [0.4, 0.5) is 5.00 Å². The first-order valence-corrected chi connectivity index (χ1v) is 10.7. The average molecular weight is 407 g/mol. The van der Waals surface area contributed by atoms with Crippen molar-refractivity contribution in [2.24, 2.45) is 5.92 Å². The Morgan fingerprint density at radius 2 is 2.26 bits per heavy atom. The van der Waals surface area contributed by atoms with E-state index in [2.05, 4.69) is 12.2 Å². The van der Waals surface area contributed by atoms with E-state index in [4.69, 9.17) is 4.74 Å². The van der Waals surface area contributed by atoms with Crippen LogP contribution in [0.5, 0.6) is 0 Å². The van der Waals surface area contributed by atoms with E-state index >= 15 is 0 Å². The summed E-state index contributed by atoms with van der Waals surface area (Å²) in [4.78, 5) is 26.0. The highest BCUT2D eigenvalue weighted by atomic mass is 32.2. The molecule has 2 aromatic heterocycles. The topological polar surface area (TPSA) is 82.3 Å². The van der Waals surface area contributed by atoms with Gasteiger partial charge in [-0.15, -0.1) is 11.3 Å². The van der Waals surface area contributed by atoms with E-state index in [9.17, 15) is 14.8 Å². The number of rotatable bonds is 6. The van der Waals surface area contributed by atoms with Crippen molar-refractivity contribution in [3.05, 3.63) is 45.6 Å². The largest absolute Gasteiger partial charge is 0.618 e. The summed E-state index contributed by atoms with van der Waals surface area (Å²) in [5.74, 6) is 0.0259. The first kappa shape index (κ1) is 19.7. The van der Waals surface area contributed by atoms with Crippen molar-refractivity contribution in [2.45, 2.75) is 38.1 Å². The second kappa shape index (κ2) is 8.75. The number of nitrogens with one attached hydrogen (secondary N) is 1. The number of amides is 1. The summed E-state index contributed by atoms with van der Waals surface area (Å²) >= 11 is 2.63. The molecule has 1 aliphatic rings. The van der Waals surface area contributed by atoms with Crippen LogP contribution in [0, 0.1) is 11.1 Å². The molecule has 0 aliphatic heterocycles. The molecule has 3 rings (SSSR count). The minimum absolute atomic E-state index is 0.0908. The van der Waals surface area contributed by atoms with Gasteiger partial charge in [-0.2, -0.15) is 4.73 Å². The van der Waals surface area contributed by atoms with Crippen LogP contribution in [0.1, 0.15) is 41.1 Å². The van der Waals surface area contributed by atoms with E-state index in [-0.39, 0.29) is 17.6 Å². The quantitative estimate of drug-likeness (QED) is 0.344. The number of thioether (sulfide) groups is 1. The smallest absolute Gasteiger partial charge is 0.341 e. The SMILES string of the molecule is CCOC(=O)c1c(NC(=O)CSc2cccc[n+]2[O-])sc2c1CC[C@H](C)C2. The lowest BCUT2D eigenvalue weighted by Crippen LogP contribution is -2.28. The average Bonchev–Trinajstić information content (AvgIpc) is 2.98. The van der Waals surface area contributed by atoms with Crippen molar-refractivity contribution in [2.75, 3.05) is 17.7 Å². The Morgan fingerprint density at radius 3 is 3.00 bits per heavy atom. The van der Waals surface area contributed by atoms with Crippen molar-refractivity contribution >= 4 is 40.0 Å². The highest BCUT2D eigenvalue weighted by molar-refractivity contribution is 7.99. The van der Waals surface area contributed by atoms with Gasteiger partial charge in [-0.1, -0.05) is 6.92 Å². The van der Waals surface area contributed by atoms with Crippen molar-refractivity contribution in [3.8, 4) is 0 Å². The Bertz CT molecular complexity index is 850. The van der Waals surface area contributed by atoms with Crippen LogP contribution in [0.15, 0.2) is 29.4 Å². The van der Waals surface area contributed by atoms with Crippen LogP contribution in [-0.2, 0) is 22.4 Å². The summed E-state index contributed by atoms with van der Waals surface area (Å²) in [6, 6.07) is 5.06. The molecule has 0 saturated heterocycles. The second-order valence-corrected chi connectivity index (χ2v) is 8.58. The van der Waals surface area contributed by atoms with E-state index in [0.717, 1.165) is 46.2 Å².